The lowest BCUT2D eigenvalue weighted by Crippen LogP contribution is -2.47. The van der Waals surface area contributed by atoms with Crippen LogP contribution in [0.5, 0.6) is 0 Å². The van der Waals surface area contributed by atoms with Crippen LogP contribution in [0.25, 0.3) is 0 Å². The van der Waals surface area contributed by atoms with E-state index in [1.165, 1.54) is 12.8 Å². The maximum atomic E-state index is 13.3. The molecule has 0 radical (unpaired) electrons. The first-order chi connectivity index (χ1) is 15.2. The summed E-state index contributed by atoms with van der Waals surface area (Å²) in [7, 11) is 0. The molecule has 1 aromatic heterocycles. The Bertz CT molecular complexity index is 814. The third-order valence-corrected chi connectivity index (χ3v) is 6.88. The first-order valence-corrected chi connectivity index (χ1v) is 12.1. The number of rotatable bonds is 7. The second-order valence-electron chi connectivity index (χ2n) is 9.10. The lowest BCUT2D eigenvalue weighted by molar-refractivity contribution is 0.0506. The summed E-state index contributed by atoms with van der Waals surface area (Å²) in [5.41, 5.74) is 0.821. The summed E-state index contributed by atoms with van der Waals surface area (Å²) in [5.74, 6) is 2.35. The first-order valence-electron chi connectivity index (χ1n) is 12.1. The number of carbonyl (C=O) groups excluding carboxylic acids is 1. The van der Waals surface area contributed by atoms with Gasteiger partial charge < -0.3 is 9.42 Å². The number of aromatic nitrogens is 2. The van der Waals surface area contributed by atoms with Crippen LogP contribution in [0.1, 0.15) is 80.4 Å². The zero-order valence-corrected chi connectivity index (χ0v) is 18.8. The van der Waals surface area contributed by atoms with Gasteiger partial charge in [-0.1, -0.05) is 49.5 Å². The molecule has 0 spiro atoms. The molecule has 4 rings (SSSR count). The molecular weight excluding hydrogens is 388 g/mol. The number of amides is 1. The van der Waals surface area contributed by atoms with E-state index in [2.05, 4.69) is 26.9 Å². The van der Waals surface area contributed by atoms with Crippen molar-refractivity contribution in [3.8, 4) is 0 Å². The molecule has 2 aliphatic rings. The standard InChI is InChI=1S/C25H36N4O2/c1-2-3-13-23-26-24(31-27-23)19-28-17-14-20(15-18-28)22-12-8-5-9-16-29(22)25(30)21-10-6-4-7-11-21/h4,6-7,10-11,20,22H,2-3,5,8-9,12-19H2,1H3/t22-/m0/s1. The van der Waals surface area contributed by atoms with Crippen molar-refractivity contribution in [3.63, 3.8) is 0 Å². The van der Waals surface area contributed by atoms with Gasteiger partial charge >= 0.3 is 0 Å². The smallest absolute Gasteiger partial charge is 0.254 e. The van der Waals surface area contributed by atoms with Crippen molar-refractivity contribution in [2.24, 2.45) is 5.92 Å². The molecule has 6 nitrogen and oxygen atoms in total. The summed E-state index contributed by atoms with van der Waals surface area (Å²) in [5, 5.41) is 4.12. The van der Waals surface area contributed by atoms with Crippen LogP contribution in [0.2, 0.25) is 0 Å². The quantitative estimate of drug-likeness (QED) is 0.644. The number of hydrogen-bond acceptors (Lipinski definition) is 5. The Morgan fingerprint density at radius 1 is 1.06 bits per heavy atom. The topological polar surface area (TPSA) is 62.5 Å². The van der Waals surface area contributed by atoms with Crippen LogP contribution in [0.3, 0.4) is 0 Å². The highest BCUT2D eigenvalue weighted by atomic mass is 16.5. The lowest BCUT2D eigenvalue weighted by Gasteiger charge is -2.40. The molecule has 0 saturated carbocycles. The van der Waals surface area contributed by atoms with Gasteiger partial charge in [0.15, 0.2) is 5.82 Å². The van der Waals surface area contributed by atoms with Gasteiger partial charge in [-0.2, -0.15) is 4.98 Å². The number of unbranched alkanes of at least 4 members (excludes halogenated alkanes) is 1. The van der Waals surface area contributed by atoms with Crippen LogP contribution in [-0.2, 0) is 13.0 Å². The van der Waals surface area contributed by atoms with Crippen LogP contribution < -0.4 is 0 Å². The zero-order valence-electron chi connectivity index (χ0n) is 18.8. The number of carbonyl (C=O) groups is 1. The molecule has 0 bridgehead atoms. The third kappa shape index (κ3) is 5.73. The van der Waals surface area contributed by atoms with E-state index >= 15 is 0 Å². The molecule has 2 saturated heterocycles. The average Bonchev–Trinajstić information content (AvgIpc) is 3.11. The van der Waals surface area contributed by atoms with Crippen LogP contribution in [0.15, 0.2) is 34.9 Å². The van der Waals surface area contributed by atoms with Crippen molar-refractivity contribution >= 4 is 5.91 Å². The highest BCUT2D eigenvalue weighted by Crippen LogP contribution is 2.31. The van der Waals surface area contributed by atoms with Gasteiger partial charge in [0.2, 0.25) is 5.89 Å². The summed E-state index contributed by atoms with van der Waals surface area (Å²) >= 11 is 0. The molecule has 168 valence electrons. The van der Waals surface area contributed by atoms with Gasteiger partial charge in [-0.05, 0) is 63.2 Å². The maximum absolute atomic E-state index is 13.3. The monoisotopic (exact) mass is 424 g/mol. The number of benzene rings is 1. The molecule has 0 unspecified atom stereocenters. The summed E-state index contributed by atoms with van der Waals surface area (Å²) in [6.45, 7) is 5.86. The van der Waals surface area contributed by atoms with E-state index in [1.54, 1.807) is 0 Å². The van der Waals surface area contributed by atoms with E-state index in [4.69, 9.17) is 4.52 Å². The molecule has 2 aromatic rings. The molecule has 1 aromatic carbocycles. The molecule has 2 aliphatic heterocycles. The summed E-state index contributed by atoms with van der Waals surface area (Å²) < 4.78 is 5.47. The average molecular weight is 425 g/mol. The minimum atomic E-state index is 0.209. The van der Waals surface area contributed by atoms with E-state index in [9.17, 15) is 4.79 Å². The van der Waals surface area contributed by atoms with Crippen LogP contribution in [-0.4, -0.2) is 51.5 Å². The molecular formula is C25H36N4O2. The van der Waals surface area contributed by atoms with Gasteiger partial charge in [-0.15, -0.1) is 0 Å². The van der Waals surface area contributed by atoms with E-state index in [-0.39, 0.29) is 5.91 Å². The van der Waals surface area contributed by atoms with Crippen molar-refractivity contribution in [1.29, 1.82) is 0 Å². The number of likely N-dealkylation sites (tertiary alicyclic amines) is 2. The first kappa shape index (κ1) is 22.0. The van der Waals surface area contributed by atoms with Crippen molar-refractivity contribution in [2.75, 3.05) is 19.6 Å². The Hall–Kier alpha value is -2.21. The van der Waals surface area contributed by atoms with E-state index in [1.807, 2.05) is 30.3 Å². The molecule has 3 heterocycles. The fraction of sp³-hybridized carbons (Fsp3) is 0.640. The van der Waals surface area contributed by atoms with Crippen LogP contribution >= 0.6 is 0 Å². The highest BCUT2D eigenvalue weighted by Gasteiger charge is 2.34. The van der Waals surface area contributed by atoms with Crippen LogP contribution in [0.4, 0.5) is 0 Å². The summed E-state index contributed by atoms with van der Waals surface area (Å²) in [6.07, 6.45) is 10.1. The van der Waals surface area contributed by atoms with E-state index < -0.39 is 0 Å². The maximum Gasteiger partial charge on any atom is 0.254 e. The molecule has 1 atom stereocenters. The molecule has 0 aliphatic carbocycles. The Kier molecular flexibility index (Phi) is 7.73. The minimum Gasteiger partial charge on any atom is -0.338 e. The number of hydrogen-bond donors (Lipinski definition) is 0. The normalized spacial score (nSPS) is 21.2. The van der Waals surface area contributed by atoms with Gasteiger partial charge in [0.05, 0.1) is 6.54 Å². The lowest BCUT2D eigenvalue weighted by atomic mass is 9.86. The van der Waals surface area contributed by atoms with Crippen molar-refractivity contribution in [1.82, 2.24) is 19.9 Å². The van der Waals surface area contributed by atoms with Gasteiger partial charge in [0, 0.05) is 24.6 Å². The minimum absolute atomic E-state index is 0.209. The Labute approximate surface area is 186 Å². The molecule has 2 fully saturated rings. The molecule has 0 N–H and O–H groups in total. The third-order valence-electron chi connectivity index (χ3n) is 6.88. The Morgan fingerprint density at radius 2 is 1.87 bits per heavy atom. The number of aryl methyl sites for hydroxylation is 1. The second kappa shape index (κ2) is 10.9. The highest BCUT2D eigenvalue weighted by molar-refractivity contribution is 5.94. The zero-order chi connectivity index (χ0) is 21.5. The molecule has 6 heteroatoms. The Morgan fingerprint density at radius 3 is 2.65 bits per heavy atom. The SMILES string of the molecule is CCCCc1noc(CN2CCC([C@@H]3CCCCCN3C(=O)c3ccccc3)CC2)n1. The van der Waals surface area contributed by atoms with E-state index in [0.717, 1.165) is 88.4 Å². The van der Waals surface area contributed by atoms with Gasteiger partial charge in [-0.25, -0.2) is 0 Å². The van der Waals surface area contributed by atoms with Gasteiger partial charge in [0.1, 0.15) is 0 Å². The second-order valence-corrected chi connectivity index (χ2v) is 9.10. The number of nitrogens with zero attached hydrogens (tertiary/aromatic N) is 4. The van der Waals surface area contributed by atoms with Crippen molar-refractivity contribution in [3.05, 3.63) is 47.6 Å². The predicted molar refractivity (Wildman–Crippen MR) is 121 cm³/mol. The Balaban J connectivity index is 1.34. The fourth-order valence-corrected chi connectivity index (χ4v) is 5.10. The predicted octanol–water partition coefficient (Wildman–Crippen LogP) is 4.71. The summed E-state index contributed by atoms with van der Waals surface area (Å²) in [6, 6.07) is 10.2. The van der Waals surface area contributed by atoms with Crippen LogP contribution in [0, 0.1) is 5.92 Å². The molecule has 1 amide bonds. The number of piperidine rings is 1. The molecule has 31 heavy (non-hydrogen) atoms. The van der Waals surface area contributed by atoms with Crippen molar-refractivity contribution in [2.45, 2.75) is 77.3 Å². The summed E-state index contributed by atoms with van der Waals surface area (Å²) in [4.78, 5) is 22.5. The van der Waals surface area contributed by atoms with Crippen molar-refractivity contribution < 1.29 is 9.32 Å². The fourth-order valence-electron chi connectivity index (χ4n) is 5.10. The van der Waals surface area contributed by atoms with E-state index in [0.29, 0.717) is 12.0 Å². The van der Waals surface area contributed by atoms with Gasteiger partial charge in [0.25, 0.3) is 5.91 Å². The largest absolute Gasteiger partial charge is 0.338 e. The van der Waals surface area contributed by atoms with Gasteiger partial charge in [-0.3, -0.25) is 9.69 Å².